The molecule has 16 heavy (non-hydrogen) atoms. The van der Waals surface area contributed by atoms with Crippen LogP contribution in [0.3, 0.4) is 0 Å². The Hall–Kier alpha value is -1.42. The van der Waals surface area contributed by atoms with E-state index in [9.17, 15) is 0 Å². The number of allylic oxidation sites excluding steroid dienone is 2. The first-order valence-corrected chi connectivity index (χ1v) is 5.79. The van der Waals surface area contributed by atoms with E-state index in [4.69, 9.17) is 0 Å². The molecule has 0 amide bonds. The minimum absolute atomic E-state index is 0.762. The molecule has 0 fully saturated rings. The van der Waals surface area contributed by atoms with Crippen molar-refractivity contribution in [1.29, 1.82) is 0 Å². The fraction of sp³-hybridized carbons (Fsp3) is 0.167. The molecule has 82 valence electrons. The molecule has 0 saturated heterocycles. The van der Waals surface area contributed by atoms with Crippen LogP contribution in [0.1, 0.15) is 11.4 Å². The smallest absolute Gasteiger partial charge is 0.169 e. The number of fused-ring (bicyclic) bond motifs is 1. The molecule has 0 spiro atoms. The number of aromatic nitrogens is 3. The van der Waals surface area contributed by atoms with E-state index in [2.05, 4.69) is 39.2 Å². The van der Waals surface area contributed by atoms with Crippen LogP contribution in [0.2, 0.25) is 0 Å². The van der Waals surface area contributed by atoms with Gasteiger partial charge in [0.15, 0.2) is 5.65 Å². The number of hydrogen-bond donors (Lipinski definition) is 0. The molecule has 0 unspecified atom stereocenters. The summed E-state index contributed by atoms with van der Waals surface area (Å²) in [6.07, 6.45) is 7.00. The van der Waals surface area contributed by atoms with Crippen molar-refractivity contribution in [2.75, 3.05) is 0 Å². The molecule has 0 aliphatic rings. The van der Waals surface area contributed by atoms with Gasteiger partial charge < -0.3 is 0 Å². The zero-order chi connectivity index (χ0) is 11.5. The second kappa shape index (κ2) is 4.61. The van der Waals surface area contributed by atoms with Gasteiger partial charge in [-0.2, -0.15) is 5.10 Å². The van der Waals surface area contributed by atoms with Crippen LogP contribution in [-0.2, 0) is 12.8 Å². The number of halogens is 1. The van der Waals surface area contributed by atoms with Crippen molar-refractivity contribution in [3.05, 3.63) is 53.4 Å². The Morgan fingerprint density at radius 1 is 1.31 bits per heavy atom. The summed E-state index contributed by atoms with van der Waals surface area (Å²) in [7, 11) is 0. The van der Waals surface area contributed by atoms with Crippen LogP contribution in [0, 0.1) is 0 Å². The molecule has 0 bridgehead atoms. The lowest BCUT2D eigenvalue weighted by atomic mass is 10.2. The molecule has 2 rings (SSSR count). The molecule has 0 aromatic carbocycles. The molecule has 2 aromatic heterocycles. The van der Waals surface area contributed by atoms with Crippen LogP contribution in [0.5, 0.6) is 0 Å². The second-order valence-electron chi connectivity index (χ2n) is 3.45. The molecule has 0 atom stereocenters. The first kappa shape index (κ1) is 11.1. The van der Waals surface area contributed by atoms with Crippen LogP contribution in [0.25, 0.3) is 5.65 Å². The van der Waals surface area contributed by atoms with Gasteiger partial charge in [0.1, 0.15) is 0 Å². The largest absolute Gasteiger partial charge is 0.232 e. The van der Waals surface area contributed by atoms with E-state index >= 15 is 0 Å². The summed E-state index contributed by atoms with van der Waals surface area (Å²) in [5.41, 5.74) is 2.93. The van der Waals surface area contributed by atoms with Crippen molar-refractivity contribution in [1.82, 2.24) is 14.6 Å². The molecule has 2 heterocycles. The third kappa shape index (κ3) is 1.93. The van der Waals surface area contributed by atoms with Crippen LogP contribution in [-0.4, -0.2) is 14.6 Å². The van der Waals surface area contributed by atoms with Crippen LogP contribution >= 0.6 is 15.9 Å². The predicted molar refractivity (Wildman–Crippen MR) is 68.5 cm³/mol. The van der Waals surface area contributed by atoms with Crippen molar-refractivity contribution >= 4 is 21.6 Å². The van der Waals surface area contributed by atoms with Gasteiger partial charge in [0.05, 0.1) is 16.4 Å². The van der Waals surface area contributed by atoms with E-state index in [1.54, 1.807) is 6.20 Å². The highest BCUT2D eigenvalue weighted by atomic mass is 79.9. The summed E-state index contributed by atoms with van der Waals surface area (Å²) < 4.78 is 2.74. The van der Waals surface area contributed by atoms with E-state index in [0.717, 1.165) is 34.3 Å². The second-order valence-corrected chi connectivity index (χ2v) is 4.31. The van der Waals surface area contributed by atoms with Crippen LogP contribution < -0.4 is 0 Å². The van der Waals surface area contributed by atoms with Gasteiger partial charge in [0, 0.05) is 18.5 Å². The molecular formula is C12H12BrN3. The minimum atomic E-state index is 0.762. The average Bonchev–Trinajstić information content (AvgIpc) is 2.62. The summed E-state index contributed by atoms with van der Waals surface area (Å²) in [5.74, 6) is 0. The molecule has 0 aliphatic carbocycles. The van der Waals surface area contributed by atoms with Gasteiger partial charge in [-0.05, 0) is 22.0 Å². The Balaban J connectivity index is 2.64. The fourth-order valence-corrected chi connectivity index (χ4v) is 1.95. The van der Waals surface area contributed by atoms with Gasteiger partial charge in [0.25, 0.3) is 0 Å². The highest BCUT2D eigenvalue weighted by Crippen LogP contribution is 2.18. The fourth-order valence-electron chi connectivity index (χ4n) is 1.60. The van der Waals surface area contributed by atoms with Gasteiger partial charge in [0.2, 0.25) is 0 Å². The van der Waals surface area contributed by atoms with Crippen molar-refractivity contribution in [3.8, 4) is 0 Å². The van der Waals surface area contributed by atoms with Crippen molar-refractivity contribution in [2.45, 2.75) is 12.8 Å². The third-order valence-electron chi connectivity index (χ3n) is 2.26. The Morgan fingerprint density at radius 2 is 2.06 bits per heavy atom. The van der Waals surface area contributed by atoms with Gasteiger partial charge in [-0.3, -0.25) is 0 Å². The molecule has 2 aromatic rings. The number of hydrogen-bond acceptors (Lipinski definition) is 2. The standard InChI is InChI=1S/C12H12BrN3/c1-3-5-9-7-10(6-4-2)16-12(15-9)11(13)8-14-16/h3-4,7-8H,1-2,5-6H2. The number of nitrogens with zero attached hydrogens (tertiary/aromatic N) is 3. The molecule has 0 saturated carbocycles. The minimum Gasteiger partial charge on any atom is -0.232 e. The molecule has 0 N–H and O–H groups in total. The maximum absolute atomic E-state index is 4.52. The lowest BCUT2D eigenvalue weighted by molar-refractivity contribution is 0.857. The summed E-state index contributed by atoms with van der Waals surface area (Å²) in [6.45, 7) is 7.48. The molecular weight excluding hydrogens is 266 g/mol. The normalized spacial score (nSPS) is 10.6. The highest BCUT2D eigenvalue weighted by Gasteiger charge is 2.08. The molecule has 3 nitrogen and oxygen atoms in total. The van der Waals surface area contributed by atoms with E-state index in [-0.39, 0.29) is 0 Å². The van der Waals surface area contributed by atoms with Crippen molar-refractivity contribution in [3.63, 3.8) is 0 Å². The third-order valence-corrected chi connectivity index (χ3v) is 2.82. The number of rotatable bonds is 4. The monoisotopic (exact) mass is 277 g/mol. The summed E-state index contributed by atoms with van der Waals surface area (Å²) in [5, 5.41) is 4.27. The van der Waals surface area contributed by atoms with E-state index in [0.29, 0.717) is 0 Å². The van der Waals surface area contributed by atoms with E-state index in [1.165, 1.54) is 0 Å². The van der Waals surface area contributed by atoms with Crippen LogP contribution in [0.15, 0.2) is 42.0 Å². The summed E-state index contributed by atoms with van der Waals surface area (Å²) in [6, 6.07) is 2.04. The summed E-state index contributed by atoms with van der Waals surface area (Å²) >= 11 is 3.44. The van der Waals surface area contributed by atoms with Gasteiger partial charge >= 0.3 is 0 Å². The zero-order valence-electron chi connectivity index (χ0n) is 8.86. The van der Waals surface area contributed by atoms with Crippen LogP contribution in [0.4, 0.5) is 0 Å². The topological polar surface area (TPSA) is 30.2 Å². The summed E-state index contributed by atoms with van der Waals surface area (Å²) in [4.78, 5) is 4.52. The SMILES string of the molecule is C=CCc1cc(CC=C)n2ncc(Br)c2n1. The van der Waals surface area contributed by atoms with Crippen molar-refractivity contribution in [2.24, 2.45) is 0 Å². The van der Waals surface area contributed by atoms with E-state index < -0.39 is 0 Å². The Labute approximate surface area is 103 Å². The van der Waals surface area contributed by atoms with Crippen molar-refractivity contribution < 1.29 is 0 Å². The average molecular weight is 278 g/mol. The van der Waals surface area contributed by atoms with Gasteiger partial charge in [-0.1, -0.05) is 12.2 Å². The Kier molecular flexibility index (Phi) is 3.19. The molecule has 0 radical (unpaired) electrons. The lowest BCUT2D eigenvalue weighted by Crippen LogP contribution is -2.02. The highest BCUT2D eigenvalue weighted by molar-refractivity contribution is 9.10. The zero-order valence-corrected chi connectivity index (χ0v) is 10.4. The Morgan fingerprint density at radius 3 is 2.75 bits per heavy atom. The first-order chi connectivity index (χ1) is 7.76. The lowest BCUT2D eigenvalue weighted by Gasteiger charge is -2.05. The maximum atomic E-state index is 4.52. The Bertz CT molecular complexity index is 542. The van der Waals surface area contributed by atoms with Gasteiger partial charge in [-0.15, -0.1) is 13.2 Å². The van der Waals surface area contributed by atoms with Gasteiger partial charge in [-0.25, -0.2) is 9.50 Å². The predicted octanol–water partition coefficient (Wildman–Crippen LogP) is 2.95. The van der Waals surface area contributed by atoms with E-state index in [1.807, 2.05) is 22.7 Å². The molecule has 0 aliphatic heterocycles. The quantitative estimate of drug-likeness (QED) is 0.805. The molecule has 4 heteroatoms. The maximum Gasteiger partial charge on any atom is 0.169 e. The first-order valence-electron chi connectivity index (χ1n) is 5.00.